The minimum absolute atomic E-state index is 0.0263. The second-order valence-corrected chi connectivity index (χ2v) is 13.2. The number of aliphatic hydroxyl groups is 1. The van der Waals surface area contributed by atoms with Gasteiger partial charge in [-0.1, -0.05) is 42.5 Å². The van der Waals surface area contributed by atoms with Crippen LogP contribution in [-0.4, -0.2) is 83.5 Å². The number of ketones is 4. The summed E-state index contributed by atoms with van der Waals surface area (Å²) in [5.41, 5.74) is 6.61. The maximum Gasteiger partial charge on any atom is 0.235 e. The van der Waals surface area contributed by atoms with Crippen molar-refractivity contribution in [1.82, 2.24) is 10.2 Å². The first kappa shape index (κ1) is 33.2. The van der Waals surface area contributed by atoms with Gasteiger partial charge in [0.25, 0.3) is 0 Å². The number of amides is 1. The second-order valence-electron chi connectivity index (χ2n) is 13.2. The van der Waals surface area contributed by atoms with Crippen molar-refractivity contribution in [3.8, 4) is 22.6 Å². The number of hydrogen-bond acceptors (Lipinski definition) is 10. The Bertz CT molecular complexity index is 1820. The molecule has 11 heteroatoms. The maximum atomic E-state index is 14.2. The summed E-state index contributed by atoms with van der Waals surface area (Å²) in [5, 5.41) is 26.3. The molecule has 0 spiro atoms. The summed E-state index contributed by atoms with van der Waals surface area (Å²) in [6.07, 6.45) is 0.990. The summed E-state index contributed by atoms with van der Waals surface area (Å²) >= 11 is 0. The molecule has 3 aromatic carbocycles. The number of primary amides is 1. The number of ether oxygens (including phenoxy) is 1. The van der Waals surface area contributed by atoms with Gasteiger partial charge in [-0.2, -0.15) is 0 Å². The van der Waals surface area contributed by atoms with Gasteiger partial charge in [-0.25, -0.2) is 0 Å². The molecule has 0 heterocycles. The molecule has 2 saturated carbocycles. The number of carbonyl (C=O) groups excluding carboxylic acids is 5. The Morgan fingerprint density at radius 1 is 1.00 bits per heavy atom. The number of likely N-dealkylation sites (N-methyl/N-ethyl adjacent to an activating group) is 1. The molecule has 11 nitrogen and oxygen atoms in total. The number of nitrogens with one attached hydrogen (secondary N) is 1. The van der Waals surface area contributed by atoms with Crippen LogP contribution in [0.2, 0.25) is 0 Å². The highest BCUT2D eigenvalue weighted by Crippen LogP contribution is 2.52. The zero-order valence-electron chi connectivity index (χ0n) is 27.1. The first-order valence-corrected chi connectivity index (χ1v) is 16.0. The van der Waals surface area contributed by atoms with Crippen molar-refractivity contribution in [1.29, 1.82) is 0 Å². The lowest BCUT2D eigenvalue weighted by Gasteiger charge is -2.52. The fourth-order valence-corrected chi connectivity index (χ4v) is 8.04. The van der Waals surface area contributed by atoms with Crippen molar-refractivity contribution >= 4 is 29.0 Å². The van der Waals surface area contributed by atoms with E-state index in [1.165, 1.54) is 16.5 Å². The summed E-state index contributed by atoms with van der Waals surface area (Å²) in [5.74, 6) is -10.3. The molecule has 48 heavy (non-hydrogen) atoms. The van der Waals surface area contributed by atoms with E-state index in [0.29, 0.717) is 29.0 Å². The molecule has 0 bridgehead atoms. The number of nitrogens with two attached hydrogens (primary N) is 1. The van der Waals surface area contributed by atoms with Gasteiger partial charge in [-0.3, -0.25) is 28.9 Å². The Morgan fingerprint density at radius 3 is 2.40 bits per heavy atom. The van der Waals surface area contributed by atoms with Gasteiger partial charge in [0.15, 0.2) is 34.7 Å². The Hall–Kier alpha value is -4.71. The van der Waals surface area contributed by atoms with E-state index < -0.39 is 64.4 Å². The van der Waals surface area contributed by atoms with Crippen molar-refractivity contribution < 1.29 is 38.9 Å². The van der Waals surface area contributed by atoms with Gasteiger partial charge in [0.05, 0.1) is 24.6 Å². The molecule has 5 N–H and O–H groups in total. The summed E-state index contributed by atoms with van der Waals surface area (Å²) in [7, 11) is 4.66. The Labute approximate surface area is 278 Å². The Balaban J connectivity index is 1.36. The molecule has 6 atom stereocenters. The van der Waals surface area contributed by atoms with Crippen LogP contribution in [0.25, 0.3) is 11.1 Å². The van der Waals surface area contributed by atoms with Crippen LogP contribution in [0.15, 0.2) is 60.7 Å². The molecule has 0 aliphatic heterocycles. The number of methoxy groups -OCH3 is 1. The van der Waals surface area contributed by atoms with Crippen LogP contribution >= 0.6 is 0 Å². The van der Waals surface area contributed by atoms with Crippen molar-refractivity contribution in [2.45, 2.75) is 37.5 Å². The minimum Gasteiger partial charge on any atom is -0.507 e. The number of phenols is 1. The summed E-state index contributed by atoms with van der Waals surface area (Å²) < 4.78 is 5.71. The number of hydrogen-bond donors (Lipinski definition) is 4. The molecule has 2 unspecified atom stereocenters. The monoisotopic (exact) mass is 653 g/mol. The highest BCUT2D eigenvalue weighted by molar-refractivity contribution is 6.32. The van der Waals surface area contributed by atoms with Gasteiger partial charge < -0.3 is 26.0 Å². The Morgan fingerprint density at radius 2 is 1.73 bits per heavy atom. The SMILES string of the molecule is COc1ccc(CNCCc2ccccc2)cc1-c1ccc(O)c2c1C[C@H]1C[C@H]3[C@H](N(C)C)C(=O)C(C(N)=O)C(=O)[C@@]3(O)C(=O)C1C2=O. The lowest BCUT2D eigenvalue weighted by Crippen LogP contribution is -2.74. The van der Waals surface area contributed by atoms with E-state index in [1.807, 2.05) is 36.4 Å². The number of rotatable bonds is 9. The zero-order valence-corrected chi connectivity index (χ0v) is 27.1. The van der Waals surface area contributed by atoms with Crippen LogP contribution in [0.1, 0.15) is 33.5 Å². The standard InChI is InChI=1S/C37H39N3O8/c1-40(2)31-25-17-21-16-24-22(23-15-20(9-12-27(23)48-3)18-39-14-13-19-7-5-4-6-8-19)10-11-26(41)29(24)32(42)28(21)34(44)37(25,47)35(45)30(33(31)43)36(38)46/h4-12,15,21,25,28,30-31,39,41,47H,13-14,16-18H2,1-3H3,(H2,38,46)/t21-,25-,28?,30?,31-,37-/m0/s1. The van der Waals surface area contributed by atoms with Crippen LogP contribution in [0.3, 0.4) is 0 Å². The van der Waals surface area contributed by atoms with Crippen LogP contribution in [0, 0.1) is 23.7 Å². The molecule has 0 aromatic heterocycles. The lowest BCUT2D eigenvalue weighted by molar-refractivity contribution is -0.181. The van der Waals surface area contributed by atoms with Gasteiger partial charge in [0.2, 0.25) is 5.91 Å². The minimum atomic E-state index is -2.77. The van der Waals surface area contributed by atoms with Gasteiger partial charge in [0.1, 0.15) is 11.5 Å². The highest BCUT2D eigenvalue weighted by Gasteiger charge is 2.69. The molecule has 6 rings (SSSR count). The van der Waals surface area contributed by atoms with Crippen molar-refractivity contribution in [2.75, 3.05) is 27.7 Å². The van der Waals surface area contributed by atoms with E-state index in [1.54, 1.807) is 27.3 Å². The van der Waals surface area contributed by atoms with Gasteiger partial charge in [-0.15, -0.1) is 0 Å². The van der Waals surface area contributed by atoms with Gasteiger partial charge in [0, 0.05) is 18.0 Å². The number of phenolic OH excluding ortho intramolecular Hbond substituents is 1. The predicted molar refractivity (Wildman–Crippen MR) is 175 cm³/mol. The highest BCUT2D eigenvalue weighted by atomic mass is 16.5. The van der Waals surface area contributed by atoms with Crippen molar-refractivity contribution in [2.24, 2.45) is 29.4 Å². The normalized spacial score (nSPS) is 26.6. The quantitative estimate of drug-likeness (QED) is 0.197. The first-order valence-electron chi connectivity index (χ1n) is 16.0. The number of aromatic hydroxyl groups is 1. The van der Waals surface area contributed by atoms with Crippen LogP contribution in [0.5, 0.6) is 11.5 Å². The van der Waals surface area contributed by atoms with E-state index in [-0.39, 0.29) is 24.2 Å². The first-order chi connectivity index (χ1) is 22.9. The molecular formula is C37H39N3O8. The third kappa shape index (κ3) is 5.32. The van der Waals surface area contributed by atoms with Gasteiger partial charge in [-0.05, 0) is 86.3 Å². The number of fused-ring (bicyclic) bond motifs is 3. The molecule has 3 aliphatic carbocycles. The van der Waals surface area contributed by atoms with Crippen LogP contribution in [0.4, 0.5) is 0 Å². The number of nitrogens with zero attached hydrogens (tertiary/aromatic N) is 1. The molecule has 1 amide bonds. The topological polar surface area (TPSA) is 176 Å². The average molecular weight is 654 g/mol. The third-order valence-corrected chi connectivity index (χ3v) is 10.3. The summed E-state index contributed by atoms with van der Waals surface area (Å²) in [6, 6.07) is 17.8. The Kier molecular flexibility index (Phi) is 8.80. The van der Waals surface area contributed by atoms with E-state index in [9.17, 15) is 34.2 Å². The fourth-order valence-electron chi connectivity index (χ4n) is 8.04. The number of Topliss-reactive ketones (excluding diaryl/α,β-unsaturated/α-hetero) is 4. The maximum absolute atomic E-state index is 14.2. The van der Waals surface area contributed by atoms with Crippen LogP contribution in [-0.2, 0) is 38.6 Å². The van der Waals surface area contributed by atoms with E-state index >= 15 is 0 Å². The third-order valence-electron chi connectivity index (χ3n) is 10.3. The molecule has 3 aliphatic rings. The average Bonchev–Trinajstić information content (AvgIpc) is 3.05. The van der Waals surface area contributed by atoms with E-state index in [0.717, 1.165) is 18.5 Å². The largest absolute Gasteiger partial charge is 0.507 e. The summed E-state index contributed by atoms with van der Waals surface area (Å²) in [6.45, 7) is 1.33. The molecular weight excluding hydrogens is 614 g/mol. The van der Waals surface area contributed by atoms with Crippen molar-refractivity contribution in [3.05, 3.63) is 82.9 Å². The molecule has 3 aromatic rings. The lowest BCUT2D eigenvalue weighted by atomic mass is 9.52. The van der Waals surface area contributed by atoms with Crippen LogP contribution < -0.4 is 15.8 Å². The number of carbonyl (C=O) groups is 5. The zero-order chi connectivity index (χ0) is 34.5. The predicted octanol–water partition coefficient (Wildman–Crippen LogP) is 1.87. The number of benzene rings is 3. The molecule has 0 radical (unpaired) electrons. The fraction of sp³-hybridized carbons (Fsp3) is 0.378. The smallest absolute Gasteiger partial charge is 0.235 e. The van der Waals surface area contributed by atoms with Gasteiger partial charge >= 0.3 is 0 Å². The molecule has 0 saturated heterocycles. The van der Waals surface area contributed by atoms with E-state index in [4.69, 9.17) is 10.5 Å². The second kappa shape index (κ2) is 12.7. The molecule has 250 valence electrons. The van der Waals surface area contributed by atoms with Crippen molar-refractivity contribution in [3.63, 3.8) is 0 Å². The molecule has 2 fully saturated rings. The van der Waals surface area contributed by atoms with E-state index in [2.05, 4.69) is 17.4 Å². The summed E-state index contributed by atoms with van der Waals surface area (Å²) in [4.78, 5) is 68.9.